The highest BCUT2D eigenvalue weighted by Gasteiger charge is 2.22. The number of oxime groups is 1. The molecule has 138 valence electrons. The molecule has 0 saturated carbocycles. The smallest absolute Gasteiger partial charge is 0.358 e. The molecule has 1 heterocycles. The molecule has 2 aromatic carbocycles. The van der Waals surface area contributed by atoms with E-state index in [4.69, 9.17) is 4.28 Å². The van der Waals surface area contributed by atoms with E-state index in [0.717, 1.165) is 17.3 Å². The molecule has 0 fully saturated rings. The van der Waals surface area contributed by atoms with E-state index in [-0.39, 0.29) is 15.5 Å². The summed E-state index contributed by atoms with van der Waals surface area (Å²) in [6.07, 6.45) is 3.08. The number of carboxylic acids is 1. The van der Waals surface area contributed by atoms with Crippen LogP contribution in [0.2, 0.25) is 0 Å². The average molecular weight is 401 g/mol. The van der Waals surface area contributed by atoms with Gasteiger partial charge in [0.15, 0.2) is 0 Å². The Morgan fingerprint density at radius 3 is 2.33 bits per heavy atom. The molecule has 0 aromatic heterocycles. The molecule has 0 atom stereocenters. The molecule has 1 aliphatic heterocycles. The van der Waals surface area contributed by atoms with Gasteiger partial charge in [-0.25, -0.2) is 4.79 Å². The number of hydrogen-bond acceptors (Lipinski definition) is 6. The molecular formula is C19H15NO5S2. The van der Waals surface area contributed by atoms with Crippen LogP contribution in [0.3, 0.4) is 0 Å². The van der Waals surface area contributed by atoms with Gasteiger partial charge in [0.1, 0.15) is 9.94 Å². The highest BCUT2D eigenvalue weighted by molar-refractivity contribution is 8.18. The zero-order valence-electron chi connectivity index (χ0n) is 14.2. The summed E-state index contributed by atoms with van der Waals surface area (Å²) in [5, 5.41) is 13.4. The molecule has 0 radical (unpaired) electrons. The summed E-state index contributed by atoms with van der Waals surface area (Å²) in [6, 6.07) is 14.9. The average Bonchev–Trinajstić information content (AvgIpc) is 3.10. The molecule has 0 aliphatic carbocycles. The van der Waals surface area contributed by atoms with E-state index in [9.17, 15) is 18.3 Å². The second kappa shape index (κ2) is 7.81. The first-order chi connectivity index (χ1) is 12.9. The number of aliphatic carboxylic acids is 1. The molecular weight excluding hydrogens is 386 g/mol. The quantitative estimate of drug-likeness (QED) is 0.605. The van der Waals surface area contributed by atoms with Gasteiger partial charge < -0.3 is 5.11 Å². The number of carboxylic acid groups (broad SMARTS) is 1. The van der Waals surface area contributed by atoms with Gasteiger partial charge in [-0.3, -0.25) is 4.28 Å². The molecule has 3 rings (SSSR count). The predicted molar refractivity (Wildman–Crippen MR) is 105 cm³/mol. The summed E-state index contributed by atoms with van der Waals surface area (Å²) in [5.74, 6) is -1.08. The van der Waals surface area contributed by atoms with Crippen molar-refractivity contribution in [2.75, 3.05) is 0 Å². The van der Waals surface area contributed by atoms with Gasteiger partial charge in [0.2, 0.25) is 0 Å². The maximum atomic E-state index is 12.2. The zero-order chi connectivity index (χ0) is 19.4. The monoisotopic (exact) mass is 401 g/mol. The molecule has 6 nitrogen and oxygen atoms in total. The van der Waals surface area contributed by atoms with Crippen LogP contribution in [0.4, 0.5) is 0 Å². The summed E-state index contributed by atoms with van der Waals surface area (Å²) >= 11 is 1.03. The van der Waals surface area contributed by atoms with Crippen LogP contribution in [0.1, 0.15) is 11.1 Å². The van der Waals surface area contributed by atoms with Crippen LogP contribution in [0.25, 0.3) is 5.57 Å². The van der Waals surface area contributed by atoms with Gasteiger partial charge in [0.05, 0.1) is 5.57 Å². The summed E-state index contributed by atoms with van der Waals surface area (Å²) in [5.41, 5.74) is 1.58. The Labute approximate surface area is 161 Å². The fourth-order valence-corrected chi connectivity index (χ4v) is 3.98. The third-order valence-corrected chi connectivity index (χ3v) is 5.75. The number of rotatable bonds is 5. The lowest BCUT2D eigenvalue weighted by Crippen LogP contribution is -2.03. The van der Waals surface area contributed by atoms with Gasteiger partial charge in [-0.05, 0) is 36.8 Å². The van der Waals surface area contributed by atoms with E-state index < -0.39 is 16.1 Å². The van der Waals surface area contributed by atoms with Gasteiger partial charge in [-0.1, -0.05) is 64.9 Å². The highest BCUT2D eigenvalue weighted by Crippen LogP contribution is 2.34. The van der Waals surface area contributed by atoms with E-state index in [2.05, 4.69) is 5.16 Å². The number of carbonyl (C=O) groups is 1. The first-order valence-corrected chi connectivity index (χ1v) is 10.1. The number of allylic oxidation sites excluding steroid dienone is 1. The van der Waals surface area contributed by atoms with Crippen LogP contribution in [-0.2, 0) is 19.2 Å². The van der Waals surface area contributed by atoms with Crippen molar-refractivity contribution in [3.63, 3.8) is 0 Å². The minimum atomic E-state index is -4.04. The van der Waals surface area contributed by atoms with Crippen LogP contribution in [0, 0.1) is 6.92 Å². The van der Waals surface area contributed by atoms with Crippen molar-refractivity contribution in [3.8, 4) is 0 Å². The topological polar surface area (TPSA) is 93.0 Å². The van der Waals surface area contributed by atoms with Crippen molar-refractivity contribution in [2.45, 2.75) is 11.8 Å². The Hall–Kier alpha value is -2.84. The first kappa shape index (κ1) is 18.9. The molecule has 0 spiro atoms. The summed E-state index contributed by atoms with van der Waals surface area (Å²) in [7, 11) is -4.04. The van der Waals surface area contributed by atoms with Crippen LogP contribution in [0.5, 0.6) is 0 Å². The molecule has 1 aliphatic rings. The van der Waals surface area contributed by atoms with E-state index in [0.29, 0.717) is 10.5 Å². The van der Waals surface area contributed by atoms with E-state index >= 15 is 0 Å². The molecule has 1 N–H and O–H groups in total. The third-order valence-electron chi connectivity index (χ3n) is 3.65. The summed E-state index contributed by atoms with van der Waals surface area (Å²) in [4.78, 5) is 12.1. The lowest BCUT2D eigenvalue weighted by atomic mass is 10.1. The Morgan fingerprint density at radius 2 is 1.70 bits per heavy atom. The molecule has 8 heteroatoms. The molecule has 2 aromatic rings. The Bertz CT molecular complexity index is 1050. The Balaban J connectivity index is 1.82. The molecule has 0 amide bonds. The number of hydrogen-bond donors (Lipinski definition) is 1. The van der Waals surface area contributed by atoms with Gasteiger partial charge in [-0.2, -0.15) is 8.42 Å². The minimum absolute atomic E-state index is 0.00398. The summed E-state index contributed by atoms with van der Waals surface area (Å²) < 4.78 is 29.1. The van der Waals surface area contributed by atoms with E-state index in [1.165, 1.54) is 18.2 Å². The van der Waals surface area contributed by atoms with Gasteiger partial charge >= 0.3 is 16.1 Å². The third kappa shape index (κ3) is 4.47. The van der Waals surface area contributed by atoms with Gasteiger partial charge in [-0.15, -0.1) is 0 Å². The maximum absolute atomic E-state index is 12.2. The van der Waals surface area contributed by atoms with Crippen molar-refractivity contribution in [1.82, 2.24) is 0 Å². The normalized spacial score (nSPS) is 17.1. The van der Waals surface area contributed by atoms with Crippen LogP contribution in [-0.4, -0.2) is 24.5 Å². The highest BCUT2D eigenvalue weighted by atomic mass is 32.2. The second-order valence-corrected chi connectivity index (χ2v) is 8.21. The number of thioether (sulfide) groups is 1. The van der Waals surface area contributed by atoms with Crippen LogP contribution < -0.4 is 0 Å². The predicted octanol–water partition coefficient (Wildman–Crippen LogP) is 3.81. The van der Waals surface area contributed by atoms with Gasteiger partial charge in [0, 0.05) is 4.91 Å². The van der Waals surface area contributed by atoms with Crippen LogP contribution in [0.15, 0.2) is 81.7 Å². The summed E-state index contributed by atoms with van der Waals surface area (Å²) in [6.45, 7) is 1.85. The Morgan fingerprint density at radius 1 is 1.04 bits per heavy atom. The molecule has 0 bridgehead atoms. The van der Waals surface area contributed by atoms with Gasteiger partial charge in [0.25, 0.3) is 0 Å². The standard InChI is InChI=1S/C19H15NO5S2/c1-13-7-9-15(10-8-13)27(23,24)25-20-17-12-11-16(26-17)18(19(21)22)14-5-3-2-4-6-14/h2-12H,1H3,(H,21,22). The molecule has 27 heavy (non-hydrogen) atoms. The molecule has 0 unspecified atom stereocenters. The number of benzene rings is 2. The van der Waals surface area contributed by atoms with Crippen molar-refractivity contribution >= 4 is 38.5 Å². The largest absolute Gasteiger partial charge is 0.478 e. The fourth-order valence-electron chi connectivity index (χ4n) is 2.32. The Kier molecular flexibility index (Phi) is 5.48. The van der Waals surface area contributed by atoms with E-state index in [1.54, 1.807) is 48.5 Å². The SMILES string of the molecule is Cc1ccc(S(=O)(=O)ON=C2C=CC(=C(C(=O)O)c3ccccc3)S2)cc1. The van der Waals surface area contributed by atoms with E-state index in [1.807, 2.05) is 6.92 Å². The maximum Gasteiger partial charge on any atom is 0.358 e. The lowest BCUT2D eigenvalue weighted by molar-refractivity contribution is -0.130. The number of nitrogens with zero attached hydrogens (tertiary/aromatic N) is 1. The fraction of sp³-hybridized carbons (Fsp3) is 0.0526. The second-order valence-electron chi connectivity index (χ2n) is 5.62. The van der Waals surface area contributed by atoms with Crippen LogP contribution >= 0.6 is 11.8 Å². The van der Waals surface area contributed by atoms with Crippen molar-refractivity contribution in [2.24, 2.45) is 5.16 Å². The van der Waals surface area contributed by atoms with Crippen molar-refractivity contribution < 1.29 is 22.6 Å². The minimum Gasteiger partial charge on any atom is -0.478 e. The molecule has 0 saturated heterocycles. The zero-order valence-corrected chi connectivity index (χ0v) is 15.8. The first-order valence-electron chi connectivity index (χ1n) is 7.84. The van der Waals surface area contributed by atoms with Crippen molar-refractivity contribution in [3.05, 3.63) is 82.8 Å². The lowest BCUT2D eigenvalue weighted by Gasteiger charge is -2.05. The number of aryl methyl sites for hydroxylation is 1. The van der Waals surface area contributed by atoms with Crippen molar-refractivity contribution in [1.29, 1.82) is 0 Å².